The zero-order chi connectivity index (χ0) is 16.4. The molecular formula is C19H21NO3. The molecule has 0 N–H and O–H groups in total. The fourth-order valence-electron chi connectivity index (χ4n) is 3.16. The van der Waals surface area contributed by atoms with Crippen LogP contribution in [-0.4, -0.2) is 26.7 Å². The van der Waals surface area contributed by atoms with Crippen LogP contribution in [0, 0.1) is 0 Å². The van der Waals surface area contributed by atoms with Gasteiger partial charge >= 0.3 is 0 Å². The summed E-state index contributed by atoms with van der Waals surface area (Å²) in [6.45, 7) is 2.89. The molecule has 23 heavy (non-hydrogen) atoms. The van der Waals surface area contributed by atoms with Gasteiger partial charge in [0.1, 0.15) is 17.1 Å². The molecule has 0 aromatic heterocycles. The van der Waals surface area contributed by atoms with E-state index in [0.717, 1.165) is 12.1 Å². The average molecular weight is 311 g/mol. The molecule has 3 rings (SSSR count). The van der Waals surface area contributed by atoms with E-state index in [9.17, 15) is 4.79 Å². The number of amides is 1. The maximum Gasteiger partial charge on any atom is 0.265 e. The van der Waals surface area contributed by atoms with Crippen molar-refractivity contribution < 1.29 is 14.3 Å². The molecule has 1 atom stereocenters. The number of carbonyl (C=O) groups is 1. The van der Waals surface area contributed by atoms with E-state index < -0.39 is 0 Å². The van der Waals surface area contributed by atoms with Crippen molar-refractivity contribution in [1.82, 2.24) is 0 Å². The van der Waals surface area contributed by atoms with Gasteiger partial charge in [0.25, 0.3) is 5.91 Å². The summed E-state index contributed by atoms with van der Waals surface area (Å²) in [6.07, 6.45) is 0.945. The Morgan fingerprint density at radius 2 is 1.70 bits per heavy atom. The zero-order valence-electron chi connectivity index (χ0n) is 13.7. The van der Waals surface area contributed by atoms with Crippen molar-refractivity contribution in [2.24, 2.45) is 0 Å². The van der Waals surface area contributed by atoms with Gasteiger partial charge < -0.3 is 14.4 Å². The number of rotatable bonds is 3. The fourth-order valence-corrected chi connectivity index (χ4v) is 3.16. The minimum absolute atomic E-state index is 0.0846. The second kappa shape index (κ2) is 6.32. The van der Waals surface area contributed by atoms with Gasteiger partial charge in [-0.1, -0.05) is 31.2 Å². The minimum Gasteiger partial charge on any atom is -0.496 e. The summed E-state index contributed by atoms with van der Waals surface area (Å²) in [5.41, 5.74) is 2.66. The SMILES string of the molecule is COc1cccc(OC)c1C(=O)N1CCC(C)c2ccccc21. The van der Waals surface area contributed by atoms with Crippen LogP contribution in [0.3, 0.4) is 0 Å². The Balaban J connectivity index is 2.07. The Hall–Kier alpha value is -2.49. The van der Waals surface area contributed by atoms with Crippen LogP contribution < -0.4 is 14.4 Å². The number of anilines is 1. The standard InChI is InChI=1S/C19H21NO3/c1-13-11-12-20(15-8-5-4-7-14(13)15)19(21)18-16(22-2)9-6-10-17(18)23-3/h4-10,13H,11-12H2,1-3H3. The summed E-state index contributed by atoms with van der Waals surface area (Å²) in [5, 5.41) is 0. The molecule has 120 valence electrons. The van der Waals surface area contributed by atoms with Crippen LogP contribution in [0.5, 0.6) is 11.5 Å². The van der Waals surface area contributed by atoms with Crippen LogP contribution in [0.2, 0.25) is 0 Å². The predicted molar refractivity (Wildman–Crippen MR) is 90.7 cm³/mol. The number of ether oxygens (including phenoxy) is 2. The van der Waals surface area contributed by atoms with Crippen LogP contribution in [0.4, 0.5) is 5.69 Å². The largest absolute Gasteiger partial charge is 0.496 e. The Morgan fingerprint density at radius 3 is 2.35 bits per heavy atom. The topological polar surface area (TPSA) is 38.8 Å². The third kappa shape index (κ3) is 2.65. The highest BCUT2D eigenvalue weighted by Gasteiger charge is 2.30. The lowest BCUT2D eigenvalue weighted by atomic mass is 9.91. The van der Waals surface area contributed by atoms with E-state index in [1.165, 1.54) is 5.56 Å². The quantitative estimate of drug-likeness (QED) is 0.864. The van der Waals surface area contributed by atoms with Crippen molar-refractivity contribution in [2.45, 2.75) is 19.3 Å². The molecule has 4 heteroatoms. The Kier molecular flexibility index (Phi) is 4.24. The molecule has 0 aliphatic carbocycles. The number of fused-ring (bicyclic) bond motifs is 1. The molecule has 1 aliphatic rings. The molecule has 0 saturated heterocycles. The van der Waals surface area contributed by atoms with Crippen LogP contribution in [0.15, 0.2) is 42.5 Å². The second-order valence-corrected chi connectivity index (χ2v) is 5.74. The highest BCUT2D eigenvalue weighted by Crippen LogP contribution is 2.38. The maximum atomic E-state index is 13.2. The highest BCUT2D eigenvalue weighted by atomic mass is 16.5. The van der Waals surface area contributed by atoms with Crippen molar-refractivity contribution in [3.05, 3.63) is 53.6 Å². The number of nitrogens with zero attached hydrogens (tertiary/aromatic N) is 1. The van der Waals surface area contributed by atoms with E-state index in [2.05, 4.69) is 13.0 Å². The number of carbonyl (C=O) groups excluding carboxylic acids is 1. The summed E-state index contributed by atoms with van der Waals surface area (Å²) in [7, 11) is 3.13. The van der Waals surface area contributed by atoms with E-state index in [1.54, 1.807) is 26.4 Å². The first-order valence-corrected chi connectivity index (χ1v) is 7.79. The number of benzene rings is 2. The van der Waals surface area contributed by atoms with Gasteiger partial charge in [-0.2, -0.15) is 0 Å². The molecule has 1 amide bonds. The predicted octanol–water partition coefficient (Wildman–Crippen LogP) is 3.86. The summed E-state index contributed by atoms with van der Waals surface area (Å²) in [6, 6.07) is 13.5. The zero-order valence-corrected chi connectivity index (χ0v) is 13.7. The number of hydrogen-bond donors (Lipinski definition) is 0. The smallest absolute Gasteiger partial charge is 0.265 e. The van der Waals surface area contributed by atoms with Crippen LogP contribution in [-0.2, 0) is 0 Å². The second-order valence-electron chi connectivity index (χ2n) is 5.74. The molecule has 1 aliphatic heterocycles. The van der Waals surface area contributed by atoms with Gasteiger partial charge in [0, 0.05) is 12.2 Å². The fraction of sp³-hybridized carbons (Fsp3) is 0.316. The molecule has 0 spiro atoms. The van der Waals surface area contributed by atoms with E-state index in [1.807, 2.05) is 29.2 Å². The van der Waals surface area contributed by atoms with Gasteiger partial charge in [-0.25, -0.2) is 0 Å². The van der Waals surface area contributed by atoms with Crippen LogP contribution >= 0.6 is 0 Å². The normalized spacial score (nSPS) is 16.7. The third-order valence-corrected chi connectivity index (χ3v) is 4.43. The number of hydrogen-bond acceptors (Lipinski definition) is 3. The van der Waals surface area contributed by atoms with Gasteiger partial charge in [-0.3, -0.25) is 4.79 Å². The van der Waals surface area contributed by atoms with Crippen molar-refractivity contribution in [1.29, 1.82) is 0 Å². The lowest BCUT2D eigenvalue weighted by Gasteiger charge is -2.33. The van der Waals surface area contributed by atoms with Crippen molar-refractivity contribution in [3.63, 3.8) is 0 Å². The Labute approximate surface area is 136 Å². The Bertz CT molecular complexity index is 704. The van der Waals surface area contributed by atoms with E-state index in [4.69, 9.17) is 9.47 Å². The summed E-state index contributed by atoms with van der Waals surface area (Å²) in [4.78, 5) is 15.0. The first kappa shape index (κ1) is 15.4. The molecule has 0 saturated carbocycles. The van der Waals surface area contributed by atoms with Crippen molar-refractivity contribution in [2.75, 3.05) is 25.7 Å². The summed E-state index contributed by atoms with van der Waals surface area (Å²) < 4.78 is 10.8. The van der Waals surface area contributed by atoms with Crippen LogP contribution in [0.1, 0.15) is 35.2 Å². The summed E-state index contributed by atoms with van der Waals surface area (Å²) >= 11 is 0. The van der Waals surface area contributed by atoms with Gasteiger partial charge in [-0.15, -0.1) is 0 Å². The van der Waals surface area contributed by atoms with E-state index >= 15 is 0 Å². The lowest BCUT2D eigenvalue weighted by Crippen LogP contribution is -2.36. The molecule has 2 aromatic carbocycles. The van der Waals surface area contributed by atoms with E-state index in [0.29, 0.717) is 29.5 Å². The van der Waals surface area contributed by atoms with Gasteiger partial charge in [0.05, 0.1) is 14.2 Å². The molecular weight excluding hydrogens is 290 g/mol. The van der Waals surface area contributed by atoms with Gasteiger partial charge in [-0.05, 0) is 36.1 Å². The molecule has 0 fully saturated rings. The van der Waals surface area contributed by atoms with E-state index in [-0.39, 0.29) is 5.91 Å². The monoisotopic (exact) mass is 311 g/mol. The molecule has 0 bridgehead atoms. The first-order chi connectivity index (χ1) is 11.2. The van der Waals surface area contributed by atoms with Crippen LogP contribution in [0.25, 0.3) is 0 Å². The van der Waals surface area contributed by atoms with Gasteiger partial charge in [0.2, 0.25) is 0 Å². The molecule has 0 radical (unpaired) electrons. The molecule has 1 heterocycles. The minimum atomic E-state index is -0.0846. The first-order valence-electron chi connectivity index (χ1n) is 7.79. The average Bonchev–Trinajstić information content (AvgIpc) is 2.61. The van der Waals surface area contributed by atoms with Crippen molar-refractivity contribution in [3.8, 4) is 11.5 Å². The maximum absolute atomic E-state index is 13.2. The highest BCUT2D eigenvalue weighted by molar-refractivity contribution is 6.10. The van der Waals surface area contributed by atoms with Gasteiger partial charge in [0.15, 0.2) is 0 Å². The number of methoxy groups -OCH3 is 2. The molecule has 1 unspecified atom stereocenters. The molecule has 2 aromatic rings. The lowest BCUT2D eigenvalue weighted by molar-refractivity contribution is 0.0978. The third-order valence-electron chi connectivity index (χ3n) is 4.43. The Morgan fingerprint density at radius 1 is 1.04 bits per heavy atom. The summed E-state index contributed by atoms with van der Waals surface area (Å²) in [5.74, 6) is 1.43. The molecule has 4 nitrogen and oxygen atoms in total. The van der Waals surface area contributed by atoms with Crippen molar-refractivity contribution >= 4 is 11.6 Å². The number of para-hydroxylation sites is 1.